The zero-order valence-corrected chi connectivity index (χ0v) is 11.1. The van der Waals surface area contributed by atoms with Crippen LogP contribution in [0.5, 0.6) is 5.75 Å². The summed E-state index contributed by atoms with van der Waals surface area (Å²) in [6.07, 6.45) is 0. The van der Waals surface area contributed by atoms with Crippen molar-refractivity contribution >= 4 is 0 Å². The van der Waals surface area contributed by atoms with Gasteiger partial charge in [0.1, 0.15) is 13.2 Å². The molecule has 0 fully saturated rings. The molecule has 21 heavy (non-hydrogen) atoms. The van der Waals surface area contributed by atoms with Crippen molar-refractivity contribution < 1.29 is 14.2 Å². The largest absolute Gasteiger partial charge is 0.486 e. The second kappa shape index (κ2) is 7.09. The number of nitrogens with zero attached hydrogens (tertiary/aromatic N) is 1. The van der Waals surface area contributed by atoms with Crippen LogP contribution in [0.25, 0.3) is 0 Å². The number of hydrogen-bond acceptors (Lipinski definition) is 3. The van der Waals surface area contributed by atoms with E-state index in [1.165, 1.54) is 18.2 Å². The molecule has 0 aliphatic carbocycles. The van der Waals surface area contributed by atoms with Crippen LogP contribution in [0.4, 0.5) is 4.39 Å². The Balaban J connectivity index is 2.13. The number of ether oxygens (including phenoxy) is 1. The van der Waals surface area contributed by atoms with Gasteiger partial charge in [-0.2, -0.15) is 5.26 Å². The molecule has 0 spiro atoms. The summed E-state index contributed by atoms with van der Waals surface area (Å²) in [5.74, 6) is 4.78. The quantitative estimate of drug-likeness (QED) is 0.880. The van der Waals surface area contributed by atoms with Crippen LogP contribution < -0.4 is 4.74 Å². The first-order valence-corrected chi connectivity index (χ1v) is 6.24. The molecule has 2 aromatic rings. The predicted octanol–water partition coefficient (Wildman–Crippen LogP) is 2.62. The van der Waals surface area contributed by atoms with Gasteiger partial charge in [-0.25, -0.2) is 4.39 Å². The first-order valence-electron chi connectivity index (χ1n) is 6.24. The van der Waals surface area contributed by atoms with Crippen molar-refractivity contribution in [1.82, 2.24) is 0 Å². The summed E-state index contributed by atoms with van der Waals surface area (Å²) in [6.45, 7) is -0.0994. The lowest BCUT2D eigenvalue weighted by atomic mass is 10.1. The second-order valence-corrected chi connectivity index (χ2v) is 4.21. The topological polar surface area (TPSA) is 53.2 Å². The van der Waals surface area contributed by atoms with Crippen LogP contribution in [0.15, 0.2) is 42.5 Å². The SMILES string of the molecule is N#Cc1cccc(COc2cc(C#CCO)ccc2F)c1. The number of aliphatic hydroxyl groups excluding tert-OH is 1. The molecule has 0 unspecified atom stereocenters. The van der Waals surface area contributed by atoms with Crippen LogP contribution in [-0.2, 0) is 6.61 Å². The molecule has 2 rings (SSSR count). The van der Waals surface area contributed by atoms with Crippen LogP contribution in [0, 0.1) is 29.0 Å². The van der Waals surface area contributed by atoms with E-state index in [1.807, 2.05) is 6.07 Å². The van der Waals surface area contributed by atoms with Gasteiger partial charge in [0, 0.05) is 5.56 Å². The Morgan fingerprint density at radius 1 is 1.14 bits per heavy atom. The Kier molecular flexibility index (Phi) is 4.93. The second-order valence-electron chi connectivity index (χ2n) is 4.21. The van der Waals surface area contributed by atoms with Crippen molar-refractivity contribution in [2.45, 2.75) is 6.61 Å². The third-order valence-electron chi connectivity index (χ3n) is 2.69. The van der Waals surface area contributed by atoms with Gasteiger partial charge in [-0.1, -0.05) is 24.0 Å². The normalized spacial score (nSPS) is 9.38. The summed E-state index contributed by atoms with van der Waals surface area (Å²) >= 11 is 0. The predicted molar refractivity (Wildman–Crippen MR) is 75.9 cm³/mol. The molecule has 0 aliphatic rings. The van der Waals surface area contributed by atoms with E-state index >= 15 is 0 Å². The van der Waals surface area contributed by atoms with Crippen LogP contribution in [-0.4, -0.2) is 11.7 Å². The Bertz CT molecular complexity index is 738. The van der Waals surface area contributed by atoms with Crippen molar-refractivity contribution in [3.63, 3.8) is 0 Å². The minimum atomic E-state index is -0.485. The van der Waals surface area contributed by atoms with E-state index in [9.17, 15) is 4.39 Å². The fourth-order valence-corrected chi connectivity index (χ4v) is 1.73. The molecule has 3 nitrogen and oxygen atoms in total. The first-order chi connectivity index (χ1) is 10.2. The third kappa shape index (κ3) is 4.07. The third-order valence-corrected chi connectivity index (χ3v) is 2.69. The van der Waals surface area contributed by atoms with Crippen LogP contribution in [0.1, 0.15) is 16.7 Å². The monoisotopic (exact) mass is 281 g/mol. The maximum Gasteiger partial charge on any atom is 0.165 e. The van der Waals surface area contributed by atoms with Gasteiger partial charge in [0.05, 0.1) is 11.6 Å². The average molecular weight is 281 g/mol. The number of aliphatic hydroxyl groups is 1. The van der Waals surface area contributed by atoms with E-state index in [1.54, 1.807) is 24.3 Å². The van der Waals surface area contributed by atoms with Gasteiger partial charge in [0.2, 0.25) is 0 Å². The highest BCUT2D eigenvalue weighted by Crippen LogP contribution is 2.20. The van der Waals surface area contributed by atoms with Crippen molar-refractivity contribution in [2.24, 2.45) is 0 Å². The van der Waals surface area contributed by atoms with Crippen LogP contribution in [0.2, 0.25) is 0 Å². The first kappa shape index (κ1) is 14.6. The zero-order valence-electron chi connectivity index (χ0n) is 11.1. The number of hydrogen-bond donors (Lipinski definition) is 1. The van der Waals surface area contributed by atoms with Crippen molar-refractivity contribution in [2.75, 3.05) is 6.61 Å². The summed E-state index contributed by atoms with van der Waals surface area (Å²) in [4.78, 5) is 0. The maximum atomic E-state index is 13.7. The molecule has 4 heteroatoms. The van der Waals surface area contributed by atoms with E-state index in [2.05, 4.69) is 11.8 Å². The van der Waals surface area contributed by atoms with E-state index in [-0.39, 0.29) is 19.0 Å². The summed E-state index contributed by atoms with van der Waals surface area (Å²) < 4.78 is 19.1. The molecule has 104 valence electrons. The van der Waals surface area contributed by atoms with Crippen LogP contribution >= 0.6 is 0 Å². The molecule has 1 N–H and O–H groups in total. The van der Waals surface area contributed by atoms with Crippen LogP contribution in [0.3, 0.4) is 0 Å². The van der Waals surface area contributed by atoms with Gasteiger partial charge in [-0.05, 0) is 35.9 Å². The Hall–Kier alpha value is -2.82. The summed E-state index contributed by atoms with van der Waals surface area (Å²) in [7, 11) is 0. The van der Waals surface area contributed by atoms with Crippen molar-refractivity contribution in [3.8, 4) is 23.7 Å². The number of rotatable bonds is 3. The molecule has 0 saturated heterocycles. The molecule has 0 radical (unpaired) electrons. The van der Waals surface area contributed by atoms with Gasteiger partial charge in [0.25, 0.3) is 0 Å². The summed E-state index contributed by atoms with van der Waals surface area (Å²) in [5, 5.41) is 17.5. The summed E-state index contributed by atoms with van der Waals surface area (Å²) in [6, 6.07) is 13.2. The number of benzene rings is 2. The van der Waals surface area contributed by atoms with Gasteiger partial charge in [0.15, 0.2) is 11.6 Å². The van der Waals surface area contributed by atoms with Gasteiger partial charge < -0.3 is 9.84 Å². The molecular weight excluding hydrogens is 269 g/mol. The number of nitriles is 1. The van der Waals surface area contributed by atoms with E-state index < -0.39 is 5.82 Å². The lowest BCUT2D eigenvalue weighted by molar-refractivity contribution is 0.290. The highest BCUT2D eigenvalue weighted by Gasteiger charge is 2.05. The fraction of sp³-hybridized carbons (Fsp3) is 0.118. The highest BCUT2D eigenvalue weighted by molar-refractivity contribution is 5.41. The molecule has 0 amide bonds. The van der Waals surface area contributed by atoms with Crippen molar-refractivity contribution in [1.29, 1.82) is 5.26 Å². The van der Waals surface area contributed by atoms with E-state index in [4.69, 9.17) is 15.1 Å². The number of halogens is 1. The molecule has 0 bridgehead atoms. The molecule has 0 heterocycles. The maximum absolute atomic E-state index is 13.7. The smallest absolute Gasteiger partial charge is 0.165 e. The zero-order chi connectivity index (χ0) is 15.1. The van der Waals surface area contributed by atoms with Gasteiger partial charge >= 0.3 is 0 Å². The standard InChI is InChI=1S/C17H12FNO2/c18-16-7-6-13(5-2-8-20)10-17(16)21-12-15-4-1-3-14(9-15)11-19/h1,3-4,6-7,9-10,20H,8,12H2. The minimum Gasteiger partial charge on any atom is -0.486 e. The highest BCUT2D eigenvalue weighted by atomic mass is 19.1. The van der Waals surface area contributed by atoms with E-state index in [0.29, 0.717) is 11.1 Å². The Morgan fingerprint density at radius 2 is 2.00 bits per heavy atom. The minimum absolute atomic E-state index is 0.0853. The molecular formula is C17H12FNO2. The summed E-state index contributed by atoms with van der Waals surface area (Å²) in [5.41, 5.74) is 1.87. The molecule has 0 aliphatic heterocycles. The average Bonchev–Trinajstić information content (AvgIpc) is 2.53. The van der Waals surface area contributed by atoms with Crippen molar-refractivity contribution in [3.05, 3.63) is 65.0 Å². The molecule has 0 saturated carbocycles. The van der Waals surface area contributed by atoms with Gasteiger partial charge in [-0.3, -0.25) is 0 Å². The Morgan fingerprint density at radius 3 is 2.76 bits per heavy atom. The van der Waals surface area contributed by atoms with Gasteiger partial charge in [-0.15, -0.1) is 0 Å². The Labute approximate surface area is 122 Å². The van der Waals surface area contributed by atoms with E-state index in [0.717, 1.165) is 5.56 Å². The molecule has 0 aromatic heterocycles. The fourth-order valence-electron chi connectivity index (χ4n) is 1.73. The lowest BCUT2D eigenvalue weighted by Crippen LogP contribution is -1.98. The molecule has 0 atom stereocenters. The molecule has 2 aromatic carbocycles. The lowest BCUT2D eigenvalue weighted by Gasteiger charge is -2.08.